The lowest BCUT2D eigenvalue weighted by atomic mass is 9.70. The number of aryl methyl sites for hydroxylation is 2. The molecule has 0 unspecified atom stereocenters. The Morgan fingerprint density at radius 2 is 1.44 bits per heavy atom. The molecule has 0 aromatic heterocycles. The van der Waals surface area contributed by atoms with Gasteiger partial charge in [0.05, 0.1) is 0 Å². The molecule has 0 saturated carbocycles. The van der Waals surface area contributed by atoms with Crippen molar-refractivity contribution < 1.29 is 14.6 Å². The van der Waals surface area contributed by atoms with E-state index in [-0.39, 0.29) is 11.7 Å². The first-order valence-electron chi connectivity index (χ1n) is 8.22. The van der Waals surface area contributed by atoms with Crippen molar-refractivity contribution in [2.45, 2.75) is 19.3 Å². The number of aromatic hydroxyl groups is 1. The van der Waals surface area contributed by atoms with Crippen LogP contribution in [0.15, 0.2) is 66.7 Å². The molecule has 0 aliphatic carbocycles. The Hall–Kier alpha value is -3.07. The summed E-state index contributed by atoms with van der Waals surface area (Å²) in [5.74, 6) is 0.146. The number of esters is 1. The molecular formula is C22H18O3. The van der Waals surface area contributed by atoms with E-state index in [0.717, 1.165) is 27.8 Å². The highest BCUT2D eigenvalue weighted by atomic mass is 16.5. The van der Waals surface area contributed by atoms with Crippen molar-refractivity contribution in [3.05, 3.63) is 94.5 Å². The molecule has 0 amide bonds. The van der Waals surface area contributed by atoms with Crippen molar-refractivity contribution in [2.75, 3.05) is 0 Å². The third-order valence-electron chi connectivity index (χ3n) is 4.78. The van der Waals surface area contributed by atoms with Gasteiger partial charge in [0.2, 0.25) is 0 Å². The van der Waals surface area contributed by atoms with Gasteiger partial charge in [-0.05, 0) is 37.1 Å². The molecule has 3 heteroatoms. The second-order valence-electron chi connectivity index (χ2n) is 6.56. The summed E-state index contributed by atoms with van der Waals surface area (Å²) in [5.41, 5.74) is 3.61. The van der Waals surface area contributed by atoms with E-state index in [1.165, 1.54) is 6.07 Å². The number of ether oxygens (including phenoxy) is 1. The average Bonchev–Trinajstić information content (AvgIpc) is 2.86. The third kappa shape index (κ3) is 2.23. The highest BCUT2D eigenvalue weighted by Crippen LogP contribution is 2.50. The van der Waals surface area contributed by atoms with Crippen molar-refractivity contribution in [2.24, 2.45) is 0 Å². The number of benzene rings is 3. The quantitative estimate of drug-likeness (QED) is 0.564. The van der Waals surface area contributed by atoms with Gasteiger partial charge in [0.1, 0.15) is 16.9 Å². The van der Waals surface area contributed by atoms with Crippen LogP contribution in [0.3, 0.4) is 0 Å². The van der Waals surface area contributed by atoms with Gasteiger partial charge in [-0.1, -0.05) is 59.7 Å². The van der Waals surface area contributed by atoms with E-state index in [1.807, 2.05) is 62.4 Å². The van der Waals surface area contributed by atoms with E-state index in [2.05, 4.69) is 0 Å². The van der Waals surface area contributed by atoms with E-state index in [9.17, 15) is 9.90 Å². The predicted molar refractivity (Wildman–Crippen MR) is 96.0 cm³/mol. The topological polar surface area (TPSA) is 46.5 Å². The second-order valence-corrected chi connectivity index (χ2v) is 6.56. The molecule has 3 nitrogen and oxygen atoms in total. The van der Waals surface area contributed by atoms with Crippen LogP contribution < -0.4 is 4.74 Å². The van der Waals surface area contributed by atoms with Crippen molar-refractivity contribution >= 4 is 5.97 Å². The molecule has 4 rings (SSSR count). The summed E-state index contributed by atoms with van der Waals surface area (Å²) in [6, 6.07) is 20.7. The van der Waals surface area contributed by atoms with E-state index in [4.69, 9.17) is 4.74 Å². The van der Waals surface area contributed by atoms with Crippen LogP contribution in [0.5, 0.6) is 11.5 Å². The van der Waals surface area contributed by atoms with Crippen LogP contribution in [0.2, 0.25) is 0 Å². The van der Waals surface area contributed by atoms with E-state index in [0.29, 0.717) is 5.75 Å². The maximum absolute atomic E-state index is 13.2. The molecule has 0 radical (unpaired) electrons. The first-order valence-corrected chi connectivity index (χ1v) is 8.22. The number of carbonyl (C=O) groups is 1. The molecule has 1 aliphatic rings. The monoisotopic (exact) mass is 330 g/mol. The summed E-state index contributed by atoms with van der Waals surface area (Å²) in [6.07, 6.45) is 0. The van der Waals surface area contributed by atoms with Crippen LogP contribution >= 0.6 is 0 Å². The fourth-order valence-corrected chi connectivity index (χ4v) is 3.66. The molecule has 0 atom stereocenters. The van der Waals surface area contributed by atoms with Gasteiger partial charge in [-0.25, -0.2) is 4.79 Å². The number of hydrogen-bond acceptors (Lipinski definition) is 3. The Morgan fingerprint density at radius 1 is 0.840 bits per heavy atom. The molecule has 25 heavy (non-hydrogen) atoms. The number of phenolic OH excluding ortho intramolecular Hbond substituents is 1. The van der Waals surface area contributed by atoms with Crippen LogP contribution in [-0.2, 0) is 10.2 Å². The molecule has 0 saturated heterocycles. The van der Waals surface area contributed by atoms with Crippen molar-refractivity contribution in [3.63, 3.8) is 0 Å². The van der Waals surface area contributed by atoms with E-state index >= 15 is 0 Å². The Kier molecular flexibility index (Phi) is 3.39. The zero-order valence-electron chi connectivity index (χ0n) is 14.1. The Bertz CT molecular complexity index is 943. The minimum absolute atomic E-state index is 0.0795. The summed E-state index contributed by atoms with van der Waals surface area (Å²) in [7, 11) is 0. The number of fused-ring (bicyclic) bond motifs is 1. The Morgan fingerprint density at radius 3 is 2.00 bits per heavy atom. The Labute approximate surface area is 146 Å². The fraction of sp³-hybridized carbons (Fsp3) is 0.136. The molecule has 0 fully saturated rings. The summed E-state index contributed by atoms with van der Waals surface area (Å²) < 4.78 is 5.59. The minimum atomic E-state index is -1.03. The van der Waals surface area contributed by atoms with Crippen molar-refractivity contribution in [1.82, 2.24) is 0 Å². The maximum Gasteiger partial charge on any atom is 0.331 e. The summed E-state index contributed by atoms with van der Waals surface area (Å²) in [6.45, 7) is 4.01. The molecule has 1 heterocycles. The van der Waals surface area contributed by atoms with Crippen molar-refractivity contribution in [3.8, 4) is 11.5 Å². The molecule has 1 aliphatic heterocycles. The number of hydrogen-bond donors (Lipinski definition) is 1. The molecule has 124 valence electrons. The second kappa shape index (κ2) is 5.49. The zero-order valence-corrected chi connectivity index (χ0v) is 14.1. The molecule has 1 N–H and O–H groups in total. The number of phenols is 1. The van der Waals surface area contributed by atoms with Gasteiger partial charge in [0.25, 0.3) is 0 Å². The first-order chi connectivity index (χ1) is 12.0. The van der Waals surface area contributed by atoms with Gasteiger partial charge in [-0.2, -0.15) is 0 Å². The largest absolute Gasteiger partial charge is 0.508 e. The molecular weight excluding hydrogens is 312 g/mol. The smallest absolute Gasteiger partial charge is 0.331 e. The average molecular weight is 330 g/mol. The summed E-state index contributed by atoms with van der Waals surface area (Å²) in [4.78, 5) is 13.2. The third-order valence-corrected chi connectivity index (χ3v) is 4.78. The lowest BCUT2D eigenvalue weighted by molar-refractivity contribution is -0.135. The van der Waals surface area contributed by atoms with Crippen LogP contribution in [-0.4, -0.2) is 11.1 Å². The zero-order chi connectivity index (χ0) is 17.6. The van der Waals surface area contributed by atoms with Crippen LogP contribution in [0.4, 0.5) is 0 Å². The number of rotatable bonds is 2. The highest BCUT2D eigenvalue weighted by Gasteiger charge is 2.52. The lowest BCUT2D eigenvalue weighted by Gasteiger charge is -2.28. The van der Waals surface area contributed by atoms with E-state index in [1.54, 1.807) is 12.1 Å². The van der Waals surface area contributed by atoms with Gasteiger partial charge in [-0.15, -0.1) is 0 Å². The summed E-state index contributed by atoms with van der Waals surface area (Å²) >= 11 is 0. The molecule has 3 aromatic carbocycles. The normalized spacial score (nSPS) is 14.9. The molecule has 0 spiro atoms. The first kappa shape index (κ1) is 15.5. The van der Waals surface area contributed by atoms with E-state index < -0.39 is 5.41 Å². The molecule has 0 bridgehead atoms. The maximum atomic E-state index is 13.2. The van der Waals surface area contributed by atoms with Gasteiger partial charge in [0.15, 0.2) is 0 Å². The Balaban J connectivity index is 2.10. The standard InChI is InChI=1S/C22H18O3/c1-14-5-3-7-16(11-14)22(17-8-4-6-15(2)12-17)19-10-9-18(23)13-20(19)25-21(22)24/h3-13,23H,1-2H3. The van der Waals surface area contributed by atoms with Gasteiger partial charge in [0, 0.05) is 11.6 Å². The van der Waals surface area contributed by atoms with Crippen molar-refractivity contribution in [1.29, 1.82) is 0 Å². The van der Waals surface area contributed by atoms with Crippen LogP contribution in [0.25, 0.3) is 0 Å². The fourth-order valence-electron chi connectivity index (χ4n) is 3.66. The summed E-state index contributed by atoms with van der Waals surface area (Å²) in [5, 5.41) is 9.79. The lowest BCUT2D eigenvalue weighted by Crippen LogP contribution is -2.36. The predicted octanol–water partition coefficient (Wildman–Crippen LogP) is 4.26. The SMILES string of the molecule is Cc1cccc(C2(c3cccc(C)c3)C(=O)Oc3cc(O)ccc32)c1. The van der Waals surface area contributed by atoms with Gasteiger partial charge >= 0.3 is 5.97 Å². The minimum Gasteiger partial charge on any atom is -0.508 e. The van der Waals surface area contributed by atoms with Gasteiger partial charge < -0.3 is 9.84 Å². The number of carbonyl (C=O) groups excluding carboxylic acids is 1. The van der Waals surface area contributed by atoms with Crippen LogP contribution in [0.1, 0.15) is 27.8 Å². The van der Waals surface area contributed by atoms with Gasteiger partial charge in [-0.3, -0.25) is 0 Å². The molecule has 3 aromatic rings. The highest BCUT2D eigenvalue weighted by molar-refractivity contribution is 5.98. The van der Waals surface area contributed by atoms with Crippen LogP contribution in [0, 0.1) is 13.8 Å².